The van der Waals surface area contributed by atoms with Gasteiger partial charge in [0.25, 0.3) is 0 Å². The first-order valence-corrected chi connectivity index (χ1v) is 14.8. The molecule has 11 nitrogen and oxygen atoms in total. The van der Waals surface area contributed by atoms with Crippen molar-refractivity contribution in [1.82, 2.24) is 20.4 Å². The minimum absolute atomic E-state index is 0.0333. The number of carbonyl (C=O) groups is 4. The lowest BCUT2D eigenvalue weighted by Gasteiger charge is -2.39. The molecular weight excluding hydrogens is 540 g/mol. The van der Waals surface area contributed by atoms with Crippen molar-refractivity contribution in [3.63, 3.8) is 0 Å². The molecule has 42 heavy (non-hydrogen) atoms. The number of hydrogen-bond acceptors (Lipinski definition) is 7. The molecule has 0 radical (unpaired) electrons. The van der Waals surface area contributed by atoms with E-state index in [1.807, 2.05) is 44.2 Å². The van der Waals surface area contributed by atoms with Crippen LogP contribution in [0.15, 0.2) is 30.3 Å². The highest BCUT2D eigenvalue weighted by molar-refractivity contribution is 5.81. The molecule has 2 rings (SSSR count). The van der Waals surface area contributed by atoms with Crippen LogP contribution in [0.3, 0.4) is 0 Å². The van der Waals surface area contributed by atoms with E-state index in [-0.39, 0.29) is 48.7 Å². The van der Waals surface area contributed by atoms with Crippen molar-refractivity contribution in [2.45, 2.75) is 89.8 Å². The molecule has 1 fully saturated rings. The smallest absolute Gasteiger partial charge is 0.242 e. The summed E-state index contributed by atoms with van der Waals surface area (Å²) >= 11 is 0. The number of rotatable bonds is 17. The molecule has 0 aliphatic carbocycles. The molecule has 0 aromatic heterocycles. The summed E-state index contributed by atoms with van der Waals surface area (Å²) in [6.45, 7) is 7.95. The second-order valence-corrected chi connectivity index (χ2v) is 11.3. The second-order valence-electron chi connectivity index (χ2n) is 11.3. The Labute approximate surface area is 250 Å². The number of benzene rings is 1. The monoisotopic (exact) mass is 590 g/mol. The number of hydrogen-bond donors (Lipinski definition) is 3. The summed E-state index contributed by atoms with van der Waals surface area (Å²) in [4.78, 5) is 53.8. The van der Waals surface area contributed by atoms with Gasteiger partial charge in [-0.05, 0) is 31.2 Å². The Bertz CT molecular complexity index is 1010. The molecule has 11 heteroatoms. The van der Waals surface area contributed by atoms with Gasteiger partial charge in [-0.3, -0.25) is 19.2 Å². The van der Waals surface area contributed by atoms with E-state index in [2.05, 4.69) is 10.6 Å². The van der Waals surface area contributed by atoms with E-state index in [9.17, 15) is 24.3 Å². The highest BCUT2D eigenvalue weighted by Gasteiger charge is 2.42. The fourth-order valence-electron chi connectivity index (χ4n) is 5.95. The Morgan fingerprint density at radius 3 is 2.38 bits per heavy atom. The number of aliphatic hydroxyl groups is 1. The molecule has 0 spiro atoms. The van der Waals surface area contributed by atoms with Crippen LogP contribution in [-0.4, -0.2) is 104 Å². The summed E-state index contributed by atoms with van der Waals surface area (Å²) in [5, 5.41) is 16.0. The Kier molecular flexibility index (Phi) is 14.4. The number of likely N-dealkylation sites (tertiary alicyclic amines) is 1. The zero-order valence-corrected chi connectivity index (χ0v) is 26.1. The van der Waals surface area contributed by atoms with Gasteiger partial charge in [0, 0.05) is 27.8 Å². The van der Waals surface area contributed by atoms with Crippen molar-refractivity contribution >= 4 is 24.1 Å². The number of aliphatic hydroxyl groups excluding tert-OH is 1. The second kappa shape index (κ2) is 17.2. The Morgan fingerprint density at radius 1 is 1.14 bits per heavy atom. The summed E-state index contributed by atoms with van der Waals surface area (Å²) in [5.41, 5.74) is 0.713. The fourth-order valence-corrected chi connectivity index (χ4v) is 5.95. The van der Waals surface area contributed by atoms with E-state index in [1.165, 1.54) is 7.11 Å². The van der Waals surface area contributed by atoms with Gasteiger partial charge in [-0.25, -0.2) is 0 Å². The third-order valence-electron chi connectivity index (χ3n) is 8.63. The predicted molar refractivity (Wildman–Crippen MR) is 159 cm³/mol. The topological polar surface area (TPSA) is 138 Å². The molecule has 1 heterocycles. The van der Waals surface area contributed by atoms with Gasteiger partial charge in [0.05, 0.1) is 55.3 Å². The van der Waals surface area contributed by atoms with Crippen molar-refractivity contribution in [3.8, 4) is 0 Å². The minimum Gasteiger partial charge on any atom is -0.386 e. The van der Waals surface area contributed by atoms with Crippen LogP contribution in [0.1, 0.15) is 65.0 Å². The lowest BCUT2D eigenvalue weighted by atomic mass is 9.90. The maximum Gasteiger partial charge on any atom is 0.242 e. The van der Waals surface area contributed by atoms with Crippen molar-refractivity contribution in [2.75, 3.05) is 34.4 Å². The van der Waals surface area contributed by atoms with Crippen LogP contribution in [0.2, 0.25) is 0 Å². The highest BCUT2D eigenvalue weighted by atomic mass is 16.5. The van der Waals surface area contributed by atoms with Crippen molar-refractivity contribution in [3.05, 3.63) is 35.9 Å². The van der Waals surface area contributed by atoms with Gasteiger partial charge >= 0.3 is 0 Å². The Balaban J connectivity index is 2.14. The van der Waals surface area contributed by atoms with Crippen molar-refractivity contribution in [2.24, 2.45) is 11.8 Å². The fraction of sp³-hybridized carbons (Fsp3) is 0.677. The maximum atomic E-state index is 13.7. The van der Waals surface area contributed by atoms with E-state index in [0.29, 0.717) is 24.9 Å². The molecule has 3 N–H and O–H groups in total. The van der Waals surface area contributed by atoms with Gasteiger partial charge in [0.1, 0.15) is 0 Å². The number of likely N-dealkylation sites (N-methyl/N-ethyl adjacent to an activating group) is 1. The normalized spacial score (nSPS) is 20.0. The zero-order valence-electron chi connectivity index (χ0n) is 26.1. The van der Waals surface area contributed by atoms with E-state index in [0.717, 1.165) is 12.8 Å². The van der Waals surface area contributed by atoms with Gasteiger partial charge in [-0.1, -0.05) is 57.5 Å². The van der Waals surface area contributed by atoms with Gasteiger partial charge in [0.15, 0.2) is 0 Å². The summed E-state index contributed by atoms with van der Waals surface area (Å²) in [6.07, 6.45) is 0.772. The highest BCUT2D eigenvalue weighted by Crippen LogP contribution is 2.29. The minimum atomic E-state index is -0.864. The summed E-state index contributed by atoms with van der Waals surface area (Å²) in [6, 6.07) is 7.94. The largest absolute Gasteiger partial charge is 0.386 e. The van der Waals surface area contributed by atoms with Crippen molar-refractivity contribution < 1.29 is 33.8 Å². The molecule has 8 atom stereocenters. The first-order valence-electron chi connectivity index (χ1n) is 14.8. The number of nitrogens with one attached hydrogen (secondary N) is 2. The van der Waals surface area contributed by atoms with Gasteiger partial charge in [-0.2, -0.15) is 0 Å². The first kappa shape index (κ1) is 35.2. The lowest BCUT2D eigenvalue weighted by molar-refractivity contribution is -0.145. The predicted octanol–water partition coefficient (Wildman–Crippen LogP) is 1.89. The molecule has 1 saturated heterocycles. The number of carbonyl (C=O) groups excluding carboxylic acids is 4. The maximum absolute atomic E-state index is 13.7. The van der Waals surface area contributed by atoms with Gasteiger partial charge < -0.3 is 35.0 Å². The quantitative estimate of drug-likeness (QED) is 0.236. The van der Waals surface area contributed by atoms with E-state index >= 15 is 0 Å². The van der Waals surface area contributed by atoms with E-state index < -0.39 is 30.3 Å². The molecule has 1 aliphatic rings. The Hall–Kier alpha value is -3.02. The third-order valence-corrected chi connectivity index (χ3v) is 8.63. The standard InChI is InChI=1S/C31H50N4O7/c1-8-20(2)28(34(5)27(38)18-32-19-36)25(41-6)17-26(37)35-16-12-15-24(35)30(42-7)21(3)31(40)33-22(4)29(39)23-13-10-9-11-14-23/h9-11,13-14,19-22,24-25,28-30,39H,8,12,15-18H2,1-7H3,(H,32,36)(H,33,40). The molecule has 8 unspecified atom stereocenters. The van der Waals surface area contributed by atoms with Gasteiger partial charge in [-0.15, -0.1) is 0 Å². The van der Waals surface area contributed by atoms with Crippen LogP contribution in [0, 0.1) is 11.8 Å². The summed E-state index contributed by atoms with van der Waals surface area (Å²) in [5.74, 6) is -1.22. The Morgan fingerprint density at radius 2 is 1.81 bits per heavy atom. The number of ether oxygens (including phenoxy) is 2. The summed E-state index contributed by atoms with van der Waals surface area (Å²) < 4.78 is 11.6. The molecule has 4 amide bonds. The molecule has 1 aromatic carbocycles. The molecule has 0 saturated carbocycles. The summed E-state index contributed by atoms with van der Waals surface area (Å²) in [7, 11) is 4.74. The average Bonchev–Trinajstić information content (AvgIpc) is 3.49. The van der Waals surface area contributed by atoms with Crippen LogP contribution in [-0.2, 0) is 28.7 Å². The molecule has 1 aromatic rings. The van der Waals surface area contributed by atoms with Crippen molar-refractivity contribution in [1.29, 1.82) is 0 Å². The van der Waals surface area contributed by atoms with Crippen LogP contribution < -0.4 is 10.6 Å². The number of methoxy groups -OCH3 is 2. The third kappa shape index (κ3) is 8.99. The van der Waals surface area contributed by atoms with Crippen LogP contribution in [0.5, 0.6) is 0 Å². The molecule has 0 bridgehead atoms. The number of nitrogens with zero attached hydrogens (tertiary/aromatic N) is 2. The molecule has 236 valence electrons. The first-order chi connectivity index (χ1) is 20.0. The van der Waals surface area contributed by atoms with Crippen LogP contribution in [0.25, 0.3) is 0 Å². The molecular formula is C31H50N4O7. The van der Waals surface area contributed by atoms with Gasteiger partial charge in [0.2, 0.25) is 24.1 Å². The average molecular weight is 591 g/mol. The van der Waals surface area contributed by atoms with Crippen LogP contribution >= 0.6 is 0 Å². The molecule has 1 aliphatic heterocycles. The van der Waals surface area contributed by atoms with E-state index in [1.54, 1.807) is 37.8 Å². The number of amides is 4. The van der Waals surface area contributed by atoms with Crippen LogP contribution in [0.4, 0.5) is 0 Å². The lowest BCUT2D eigenvalue weighted by Crippen LogP contribution is -2.54. The SMILES string of the molecule is CCC(C)C(C(CC(=O)N1CCCC1C(OC)C(C)C(=O)NC(C)C(O)c1ccccc1)OC)N(C)C(=O)CNC=O. The van der Waals surface area contributed by atoms with E-state index in [4.69, 9.17) is 9.47 Å². The zero-order chi connectivity index (χ0) is 31.4.